The summed E-state index contributed by atoms with van der Waals surface area (Å²) in [5.41, 5.74) is 1.25. The quantitative estimate of drug-likeness (QED) is 0.847. The molecule has 1 saturated heterocycles. The van der Waals surface area contributed by atoms with Gasteiger partial charge in [-0.3, -0.25) is 4.79 Å². The van der Waals surface area contributed by atoms with E-state index >= 15 is 0 Å². The number of benzene rings is 1. The smallest absolute Gasteiger partial charge is 0.265 e. The SMILES string of the molecule is CN(C)c1ccc(S(=O)(=O)N2CCCCC2)cc1NC(=O)c1cccs1. The number of hydrogen-bond donors (Lipinski definition) is 1. The molecular weight excluding hydrogens is 370 g/mol. The van der Waals surface area contributed by atoms with E-state index in [9.17, 15) is 13.2 Å². The van der Waals surface area contributed by atoms with Gasteiger partial charge in [0.05, 0.1) is 21.1 Å². The van der Waals surface area contributed by atoms with Crippen molar-refractivity contribution in [2.45, 2.75) is 24.2 Å². The molecule has 26 heavy (non-hydrogen) atoms. The largest absolute Gasteiger partial charge is 0.376 e. The van der Waals surface area contributed by atoms with Crippen molar-refractivity contribution in [3.8, 4) is 0 Å². The molecule has 8 heteroatoms. The summed E-state index contributed by atoms with van der Waals surface area (Å²) in [6.07, 6.45) is 2.83. The highest BCUT2D eigenvalue weighted by atomic mass is 32.2. The van der Waals surface area contributed by atoms with Gasteiger partial charge in [-0.2, -0.15) is 4.31 Å². The monoisotopic (exact) mass is 393 g/mol. The molecule has 1 aromatic heterocycles. The average molecular weight is 394 g/mol. The predicted octanol–water partition coefficient (Wildman–Crippen LogP) is 3.24. The number of hydrogen-bond acceptors (Lipinski definition) is 5. The molecule has 1 aliphatic rings. The minimum Gasteiger partial charge on any atom is -0.376 e. The molecule has 1 N–H and O–H groups in total. The summed E-state index contributed by atoms with van der Waals surface area (Å²) in [4.78, 5) is 15.1. The molecule has 1 fully saturated rings. The van der Waals surface area contributed by atoms with E-state index in [0.717, 1.165) is 24.9 Å². The van der Waals surface area contributed by atoms with Crippen LogP contribution in [0.3, 0.4) is 0 Å². The molecule has 0 spiro atoms. The lowest BCUT2D eigenvalue weighted by molar-refractivity contribution is 0.103. The minimum absolute atomic E-state index is 0.214. The molecule has 3 rings (SSSR count). The number of rotatable bonds is 5. The number of carbonyl (C=O) groups is 1. The lowest BCUT2D eigenvalue weighted by Gasteiger charge is -2.26. The van der Waals surface area contributed by atoms with E-state index in [2.05, 4.69) is 5.32 Å². The molecule has 2 heterocycles. The van der Waals surface area contributed by atoms with Gasteiger partial charge in [0.15, 0.2) is 0 Å². The van der Waals surface area contributed by atoms with Crippen LogP contribution in [-0.2, 0) is 10.0 Å². The van der Waals surface area contributed by atoms with Crippen LogP contribution in [-0.4, -0.2) is 45.8 Å². The van der Waals surface area contributed by atoms with Crippen LogP contribution in [0.5, 0.6) is 0 Å². The van der Waals surface area contributed by atoms with Gasteiger partial charge in [-0.1, -0.05) is 12.5 Å². The Hall–Kier alpha value is -1.90. The van der Waals surface area contributed by atoms with Crippen LogP contribution in [0.1, 0.15) is 28.9 Å². The number of anilines is 2. The summed E-state index contributed by atoms with van der Waals surface area (Å²) in [6.45, 7) is 1.10. The molecule has 0 aliphatic carbocycles. The number of amides is 1. The third-order valence-electron chi connectivity index (χ3n) is 4.40. The van der Waals surface area contributed by atoms with Crippen molar-refractivity contribution in [2.75, 3.05) is 37.4 Å². The van der Waals surface area contributed by atoms with Gasteiger partial charge in [0.25, 0.3) is 5.91 Å². The van der Waals surface area contributed by atoms with E-state index in [-0.39, 0.29) is 10.8 Å². The third-order valence-corrected chi connectivity index (χ3v) is 7.16. The maximum atomic E-state index is 12.9. The third kappa shape index (κ3) is 3.92. The van der Waals surface area contributed by atoms with E-state index in [4.69, 9.17) is 0 Å². The fraction of sp³-hybridized carbons (Fsp3) is 0.389. The molecule has 1 aromatic carbocycles. The first-order valence-corrected chi connectivity index (χ1v) is 10.9. The second-order valence-corrected chi connectivity index (χ2v) is 9.36. The van der Waals surface area contributed by atoms with Gasteiger partial charge < -0.3 is 10.2 Å². The van der Waals surface area contributed by atoms with Crippen molar-refractivity contribution in [3.63, 3.8) is 0 Å². The molecule has 0 saturated carbocycles. The highest BCUT2D eigenvalue weighted by Gasteiger charge is 2.27. The zero-order chi connectivity index (χ0) is 18.7. The molecular formula is C18H23N3O3S2. The van der Waals surface area contributed by atoms with Gasteiger partial charge in [-0.15, -0.1) is 11.3 Å². The van der Waals surface area contributed by atoms with Crippen LogP contribution in [0, 0.1) is 0 Å². The second kappa shape index (κ2) is 7.77. The van der Waals surface area contributed by atoms with Crippen LogP contribution >= 0.6 is 11.3 Å². The van der Waals surface area contributed by atoms with Gasteiger partial charge in [0.2, 0.25) is 10.0 Å². The average Bonchev–Trinajstić information content (AvgIpc) is 3.17. The summed E-state index contributed by atoms with van der Waals surface area (Å²) < 4.78 is 27.4. The fourth-order valence-corrected chi connectivity index (χ4v) is 5.17. The van der Waals surface area contributed by atoms with Crippen LogP contribution in [0.4, 0.5) is 11.4 Å². The first kappa shape index (κ1) is 18.9. The van der Waals surface area contributed by atoms with Crippen molar-refractivity contribution in [2.24, 2.45) is 0 Å². The van der Waals surface area contributed by atoms with Crippen molar-refractivity contribution in [3.05, 3.63) is 40.6 Å². The Balaban J connectivity index is 1.94. The van der Waals surface area contributed by atoms with E-state index in [1.165, 1.54) is 15.6 Å². The highest BCUT2D eigenvalue weighted by molar-refractivity contribution is 7.89. The fourth-order valence-electron chi connectivity index (χ4n) is 3.01. The standard InChI is InChI=1S/C18H23N3O3S2/c1-20(2)16-9-8-14(26(23,24)21-10-4-3-5-11-21)13-15(16)19-18(22)17-7-6-12-25-17/h6-9,12-13H,3-5,10-11H2,1-2H3,(H,19,22). The molecule has 6 nitrogen and oxygen atoms in total. The highest BCUT2D eigenvalue weighted by Crippen LogP contribution is 2.30. The number of thiophene rings is 1. The summed E-state index contributed by atoms with van der Waals surface area (Å²) in [5.74, 6) is -0.240. The number of carbonyl (C=O) groups excluding carboxylic acids is 1. The van der Waals surface area contributed by atoms with E-state index in [1.54, 1.807) is 24.3 Å². The van der Waals surface area contributed by atoms with Crippen molar-refractivity contribution in [1.29, 1.82) is 0 Å². The molecule has 0 atom stereocenters. The minimum atomic E-state index is -3.55. The van der Waals surface area contributed by atoms with Crippen molar-refractivity contribution in [1.82, 2.24) is 4.31 Å². The summed E-state index contributed by atoms with van der Waals surface area (Å²) in [7, 11) is 0.162. The summed E-state index contributed by atoms with van der Waals surface area (Å²) >= 11 is 1.34. The molecule has 0 radical (unpaired) electrons. The molecule has 1 aliphatic heterocycles. The van der Waals surface area contributed by atoms with Gasteiger partial charge in [-0.05, 0) is 42.5 Å². The zero-order valence-corrected chi connectivity index (χ0v) is 16.6. The Morgan fingerprint density at radius 1 is 1.15 bits per heavy atom. The normalized spacial score (nSPS) is 15.6. The molecule has 0 bridgehead atoms. The first-order chi connectivity index (χ1) is 12.4. The maximum absolute atomic E-state index is 12.9. The van der Waals surface area contributed by atoms with Crippen LogP contribution < -0.4 is 10.2 Å². The first-order valence-electron chi connectivity index (χ1n) is 8.56. The van der Waals surface area contributed by atoms with Gasteiger partial charge in [-0.25, -0.2) is 8.42 Å². The second-order valence-electron chi connectivity index (χ2n) is 6.47. The number of nitrogens with one attached hydrogen (secondary N) is 1. The van der Waals surface area contributed by atoms with Crippen LogP contribution in [0.25, 0.3) is 0 Å². The Labute approximate surface area is 158 Å². The van der Waals surface area contributed by atoms with Crippen molar-refractivity contribution < 1.29 is 13.2 Å². The molecule has 0 unspecified atom stereocenters. The summed E-state index contributed by atoms with van der Waals surface area (Å²) in [6, 6.07) is 8.46. The molecule has 1 amide bonds. The lowest BCUT2D eigenvalue weighted by atomic mass is 10.2. The van der Waals surface area contributed by atoms with E-state index in [0.29, 0.717) is 23.7 Å². The molecule has 2 aromatic rings. The van der Waals surface area contributed by atoms with Gasteiger partial charge in [0, 0.05) is 27.2 Å². The van der Waals surface area contributed by atoms with Crippen LogP contribution in [0.15, 0.2) is 40.6 Å². The lowest BCUT2D eigenvalue weighted by Crippen LogP contribution is -2.35. The molecule has 140 valence electrons. The van der Waals surface area contributed by atoms with Crippen molar-refractivity contribution >= 4 is 38.6 Å². The number of sulfonamides is 1. The van der Waals surface area contributed by atoms with Crippen LogP contribution in [0.2, 0.25) is 0 Å². The maximum Gasteiger partial charge on any atom is 0.265 e. The van der Waals surface area contributed by atoms with E-state index in [1.807, 2.05) is 30.4 Å². The Morgan fingerprint density at radius 3 is 2.50 bits per heavy atom. The Kier molecular flexibility index (Phi) is 5.64. The summed E-state index contributed by atoms with van der Waals surface area (Å²) in [5, 5.41) is 4.69. The predicted molar refractivity (Wildman–Crippen MR) is 106 cm³/mol. The van der Waals surface area contributed by atoms with Gasteiger partial charge in [0.1, 0.15) is 0 Å². The zero-order valence-electron chi connectivity index (χ0n) is 14.9. The number of piperidine rings is 1. The number of nitrogens with zero attached hydrogens (tertiary/aromatic N) is 2. The van der Waals surface area contributed by atoms with E-state index < -0.39 is 10.0 Å². The topological polar surface area (TPSA) is 69.7 Å². The Morgan fingerprint density at radius 2 is 1.88 bits per heavy atom. The van der Waals surface area contributed by atoms with Gasteiger partial charge >= 0.3 is 0 Å². The Bertz CT molecular complexity index is 871.